The minimum atomic E-state index is -1.56. The molecule has 7 atom stereocenters. The third-order valence-corrected chi connectivity index (χ3v) is 7.53. The maximum absolute atomic E-state index is 12.5. The Morgan fingerprint density at radius 3 is 2.05 bits per heavy atom. The molecule has 0 saturated carbocycles. The van der Waals surface area contributed by atoms with Gasteiger partial charge in [0.1, 0.15) is 24.4 Å². The summed E-state index contributed by atoms with van der Waals surface area (Å²) in [6.45, 7) is 3.53. The van der Waals surface area contributed by atoms with Crippen molar-refractivity contribution in [3.05, 3.63) is 24.3 Å². The largest absolute Gasteiger partial charge is 0.394 e. The van der Waals surface area contributed by atoms with Gasteiger partial charge in [-0.15, -0.1) is 0 Å². The number of carbonyl (C=O) groups excluding carboxylic acids is 1. The normalized spacial score (nSPS) is 24.7. The van der Waals surface area contributed by atoms with Gasteiger partial charge in [0.05, 0.1) is 25.4 Å². The molecular formula is C32H59NO8. The first-order chi connectivity index (χ1) is 19.8. The van der Waals surface area contributed by atoms with Gasteiger partial charge in [-0.25, -0.2) is 0 Å². The van der Waals surface area contributed by atoms with E-state index < -0.39 is 49.5 Å². The van der Waals surface area contributed by atoms with Crippen molar-refractivity contribution in [2.24, 2.45) is 0 Å². The summed E-state index contributed by atoms with van der Waals surface area (Å²) in [5, 5.41) is 53.2. The minimum absolute atomic E-state index is 0.202. The Balaban J connectivity index is 2.46. The Hall–Kier alpha value is -1.33. The van der Waals surface area contributed by atoms with Crippen LogP contribution >= 0.6 is 0 Å². The Bertz CT molecular complexity index is 701. The lowest BCUT2D eigenvalue weighted by Crippen LogP contribution is -2.60. The molecule has 1 saturated heterocycles. The van der Waals surface area contributed by atoms with Crippen LogP contribution in [0.2, 0.25) is 0 Å². The first kappa shape index (κ1) is 37.7. The molecule has 1 rings (SSSR count). The lowest BCUT2D eigenvalue weighted by molar-refractivity contribution is -0.302. The van der Waals surface area contributed by atoms with E-state index in [-0.39, 0.29) is 12.5 Å². The van der Waals surface area contributed by atoms with Gasteiger partial charge in [0.25, 0.3) is 0 Å². The van der Waals surface area contributed by atoms with E-state index in [1.54, 1.807) is 6.08 Å². The van der Waals surface area contributed by atoms with E-state index in [1.807, 2.05) is 6.08 Å². The molecule has 0 aromatic carbocycles. The van der Waals surface area contributed by atoms with Gasteiger partial charge in [0.15, 0.2) is 6.29 Å². The van der Waals surface area contributed by atoms with Crippen LogP contribution in [0.4, 0.5) is 0 Å². The minimum Gasteiger partial charge on any atom is -0.394 e. The van der Waals surface area contributed by atoms with Crippen LogP contribution in [0, 0.1) is 0 Å². The maximum atomic E-state index is 12.5. The van der Waals surface area contributed by atoms with Crippen molar-refractivity contribution in [1.29, 1.82) is 0 Å². The SMILES string of the molecule is CCCCCCCCCCC/C=C/CC/C=C/C(O)C(COC1OC(CO)C(O)C(O)C1O)NC(=O)CCCCC. The fraction of sp³-hybridized carbons (Fsp3) is 0.844. The quantitative estimate of drug-likeness (QED) is 0.0734. The van der Waals surface area contributed by atoms with Crippen molar-refractivity contribution >= 4 is 5.91 Å². The molecule has 9 nitrogen and oxygen atoms in total. The lowest BCUT2D eigenvalue weighted by Gasteiger charge is -2.40. The number of nitrogens with one attached hydrogen (secondary N) is 1. The zero-order valence-electron chi connectivity index (χ0n) is 25.5. The summed E-state index contributed by atoms with van der Waals surface area (Å²) in [5.41, 5.74) is 0. The number of amides is 1. The van der Waals surface area contributed by atoms with Crippen LogP contribution in [0.1, 0.15) is 117 Å². The Kier molecular flexibility index (Phi) is 22.2. The van der Waals surface area contributed by atoms with Crippen LogP contribution in [0.3, 0.4) is 0 Å². The second-order valence-corrected chi connectivity index (χ2v) is 11.2. The second kappa shape index (κ2) is 24.1. The van der Waals surface area contributed by atoms with Gasteiger partial charge in [-0.05, 0) is 32.1 Å². The summed E-state index contributed by atoms with van der Waals surface area (Å²) < 4.78 is 11.0. The molecule has 41 heavy (non-hydrogen) atoms. The molecule has 1 aliphatic rings. The van der Waals surface area contributed by atoms with Crippen LogP contribution < -0.4 is 5.32 Å². The topological polar surface area (TPSA) is 149 Å². The highest BCUT2D eigenvalue weighted by Crippen LogP contribution is 2.22. The summed E-state index contributed by atoms with van der Waals surface area (Å²) in [5.74, 6) is -0.215. The summed E-state index contributed by atoms with van der Waals surface area (Å²) in [4.78, 5) is 12.5. The van der Waals surface area contributed by atoms with Crippen LogP contribution in [0.5, 0.6) is 0 Å². The molecule has 0 aromatic rings. The van der Waals surface area contributed by atoms with Crippen LogP contribution in [-0.2, 0) is 14.3 Å². The molecule has 1 fully saturated rings. The van der Waals surface area contributed by atoms with Crippen molar-refractivity contribution in [3.63, 3.8) is 0 Å². The molecular weight excluding hydrogens is 526 g/mol. The highest BCUT2D eigenvalue weighted by atomic mass is 16.7. The third-order valence-electron chi connectivity index (χ3n) is 7.53. The molecule has 0 bridgehead atoms. The van der Waals surface area contributed by atoms with E-state index in [2.05, 4.69) is 31.3 Å². The average Bonchev–Trinajstić information content (AvgIpc) is 2.96. The predicted molar refractivity (Wildman–Crippen MR) is 161 cm³/mol. The number of ether oxygens (including phenoxy) is 2. The van der Waals surface area contributed by atoms with Gasteiger partial charge in [0, 0.05) is 6.42 Å². The Labute approximate surface area is 248 Å². The number of aliphatic hydroxyl groups is 5. The molecule has 240 valence electrons. The number of hydrogen-bond acceptors (Lipinski definition) is 8. The van der Waals surface area contributed by atoms with Crippen molar-refractivity contribution in [3.8, 4) is 0 Å². The molecule has 0 aromatic heterocycles. The molecule has 1 amide bonds. The van der Waals surface area contributed by atoms with Gasteiger partial charge in [-0.2, -0.15) is 0 Å². The van der Waals surface area contributed by atoms with E-state index in [9.17, 15) is 30.3 Å². The molecule has 0 aliphatic carbocycles. The number of aliphatic hydroxyl groups excluding tert-OH is 5. The van der Waals surface area contributed by atoms with E-state index in [4.69, 9.17) is 9.47 Å². The number of hydrogen-bond donors (Lipinski definition) is 6. The van der Waals surface area contributed by atoms with Crippen molar-refractivity contribution in [2.75, 3.05) is 13.2 Å². The van der Waals surface area contributed by atoms with Crippen molar-refractivity contribution < 1.29 is 39.8 Å². The number of unbranched alkanes of at least 4 members (excludes halogenated alkanes) is 12. The van der Waals surface area contributed by atoms with Crippen molar-refractivity contribution in [2.45, 2.75) is 159 Å². The third kappa shape index (κ3) is 16.8. The second-order valence-electron chi connectivity index (χ2n) is 11.2. The molecule has 6 N–H and O–H groups in total. The van der Waals surface area contributed by atoms with Gasteiger partial charge >= 0.3 is 0 Å². The number of carbonyl (C=O) groups is 1. The average molecular weight is 586 g/mol. The van der Waals surface area contributed by atoms with Crippen LogP contribution in [0.25, 0.3) is 0 Å². The highest BCUT2D eigenvalue weighted by molar-refractivity contribution is 5.76. The van der Waals surface area contributed by atoms with E-state index >= 15 is 0 Å². The lowest BCUT2D eigenvalue weighted by atomic mass is 9.99. The van der Waals surface area contributed by atoms with Gasteiger partial charge in [-0.3, -0.25) is 4.79 Å². The van der Waals surface area contributed by atoms with E-state index in [1.165, 1.54) is 57.8 Å². The molecule has 0 spiro atoms. The van der Waals surface area contributed by atoms with Gasteiger partial charge < -0.3 is 40.3 Å². The summed E-state index contributed by atoms with van der Waals surface area (Å²) in [6, 6.07) is -0.810. The van der Waals surface area contributed by atoms with E-state index in [0.29, 0.717) is 6.42 Å². The smallest absolute Gasteiger partial charge is 0.220 e. The van der Waals surface area contributed by atoms with Gasteiger partial charge in [0.2, 0.25) is 5.91 Å². The highest BCUT2D eigenvalue weighted by Gasteiger charge is 2.44. The molecule has 1 heterocycles. The molecule has 9 heteroatoms. The fourth-order valence-corrected chi connectivity index (χ4v) is 4.81. The van der Waals surface area contributed by atoms with Gasteiger partial charge in [-0.1, -0.05) is 102 Å². The summed E-state index contributed by atoms with van der Waals surface area (Å²) in [7, 11) is 0. The standard InChI is InChI=1S/C32H59NO8/c1-3-5-7-8-9-10-11-12-13-14-15-16-17-18-20-21-26(35)25(33-28(36)22-19-6-4-2)24-40-32-31(39)30(38)29(37)27(23-34)41-32/h15-16,20-21,25-27,29-32,34-35,37-39H,3-14,17-19,22-24H2,1-2H3,(H,33,36)/b16-15+,21-20+. The first-order valence-electron chi connectivity index (χ1n) is 16.1. The Morgan fingerprint density at radius 1 is 0.805 bits per heavy atom. The summed E-state index contributed by atoms with van der Waals surface area (Å²) >= 11 is 0. The van der Waals surface area contributed by atoms with Crippen molar-refractivity contribution in [1.82, 2.24) is 5.32 Å². The van der Waals surface area contributed by atoms with Crippen LogP contribution in [-0.4, -0.2) is 87.5 Å². The predicted octanol–water partition coefficient (Wildman–Crippen LogP) is 4.04. The Morgan fingerprint density at radius 2 is 1.39 bits per heavy atom. The summed E-state index contributed by atoms with van der Waals surface area (Å²) in [6.07, 6.45) is 17.4. The maximum Gasteiger partial charge on any atom is 0.220 e. The number of allylic oxidation sites excluding steroid dienone is 3. The number of rotatable bonds is 24. The molecule has 0 radical (unpaired) electrons. The zero-order valence-corrected chi connectivity index (χ0v) is 25.5. The van der Waals surface area contributed by atoms with Crippen LogP contribution in [0.15, 0.2) is 24.3 Å². The fourth-order valence-electron chi connectivity index (χ4n) is 4.81. The monoisotopic (exact) mass is 585 g/mol. The first-order valence-corrected chi connectivity index (χ1v) is 16.1. The molecule has 1 aliphatic heterocycles. The zero-order chi connectivity index (χ0) is 30.3. The van der Waals surface area contributed by atoms with E-state index in [0.717, 1.165) is 38.5 Å². The molecule has 7 unspecified atom stereocenters.